The average molecular weight is 394 g/mol. The number of nitrogens with one attached hydrogen (secondary N) is 2. The van der Waals surface area contributed by atoms with Crippen molar-refractivity contribution in [3.8, 4) is 11.4 Å². The van der Waals surface area contributed by atoms with Crippen molar-refractivity contribution in [2.24, 2.45) is 11.3 Å². The number of aromatic amines is 2. The number of amides is 1. The molecule has 2 unspecified atom stereocenters. The third-order valence-electron chi connectivity index (χ3n) is 6.13. The largest absolute Gasteiger partial charge is 0.396 e. The van der Waals surface area contributed by atoms with E-state index in [-0.39, 0.29) is 23.8 Å². The lowest BCUT2D eigenvalue weighted by Crippen LogP contribution is -2.39. The molecule has 4 heterocycles. The van der Waals surface area contributed by atoms with Crippen LogP contribution in [0.25, 0.3) is 11.4 Å². The molecule has 0 spiro atoms. The van der Waals surface area contributed by atoms with Crippen molar-refractivity contribution >= 4 is 5.91 Å². The van der Waals surface area contributed by atoms with Crippen molar-refractivity contribution in [3.63, 3.8) is 0 Å². The van der Waals surface area contributed by atoms with Gasteiger partial charge in [-0.3, -0.25) is 14.8 Å². The smallest absolute Gasteiger partial charge is 0.254 e. The van der Waals surface area contributed by atoms with E-state index >= 15 is 0 Å². The van der Waals surface area contributed by atoms with E-state index in [4.69, 9.17) is 0 Å². The van der Waals surface area contributed by atoms with Gasteiger partial charge in [-0.15, -0.1) is 10.2 Å². The van der Waals surface area contributed by atoms with Gasteiger partial charge in [0.15, 0.2) is 0 Å². The van der Waals surface area contributed by atoms with E-state index in [1.165, 1.54) is 0 Å². The maximum Gasteiger partial charge on any atom is 0.254 e. The molecule has 29 heavy (non-hydrogen) atoms. The van der Waals surface area contributed by atoms with Gasteiger partial charge in [-0.05, 0) is 23.3 Å². The molecule has 5 rings (SSSR count). The molecular weight excluding hydrogens is 372 g/mol. The molecule has 0 aliphatic carbocycles. The lowest BCUT2D eigenvalue weighted by atomic mass is 9.82. The highest BCUT2D eigenvalue weighted by molar-refractivity contribution is 6.00. The first-order valence-electron chi connectivity index (χ1n) is 9.62. The molecule has 10 heteroatoms. The summed E-state index contributed by atoms with van der Waals surface area (Å²) in [5.41, 5.74) is 1.97. The summed E-state index contributed by atoms with van der Waals surface area (Å²) in [6.45, 7) is 3.59. The molecule has 10 nitrogen and oxygen atoms in total. The summed E-state index contributed by atoms with van der Waals surface area (Å²) in [6.07, 6.45) is 1.75. The number of carbonyl (C=O) groups excluding carboxylic acids is 1. The van der Waals surface area contributed by atoms with Crippen molar-refractivity contribution in [2.45, 2.75) is 6.54 Å². The highest BCUT2D eigenvalue weighted by Gasteiger charge is 2.53. The fourth-order valence-corrected chi connectivity index (χ4v) is 4.71. The minimum atomic E-state index is -0.295. The maximum atomic E-state index is 13.3. The van der Waals surface area contributed by atoms with E-state index < -0.39 is 0 Å². The second-order valence-corrected chi connectivity index (χ2v) is 7.94. The fourth-order valence-electron chi connectivity index (χ4n) is 4.71. The number of H-pyrrole nitrogens is 2. The zero-order chi connectivity index (χ0) is 19.8. The van der Waals surface area contributed by atoms with Gasteiger partial charge in [0.25, 0.3) is 5.91 Å². The molecule has 2 aliphatic heterocycles. The number of fused-ring (bicyclic) bond motifs is 1. The number of carbonyl (C=O) groups is 1. The topological polar surface area (TPSA) is 127 Å². The Bertz CT molecular complexity index is 990. The van der Waals surface area contributed by atoms with Crippen LogP contribution < -0.4 is 0 Å². The first-order valence-corrected chi connectivity index (χ1v) is 9.62. The molecule has 2 aromatic heterocycles. The third kappa shape index (κ3) is 3.10. The number of benzene rings is 1. The van der Waals surface area contributed by atoms with E-state index in [2.05, 4.69) is 35.7 Å². The highest BCUT2D eigenvalue weighted by Crippen LogP contribution is 2.43. The van der Waals surface area contributed by atoms with E-state index in [1.54, 1.807) is 12.3 Å². The van der Waals surface area contributed by atoms with Crippen LogP contribution in [0.3, 0.4) is 0 Å². The van der Waals surface area contributed by atoms with Gasteiger partial charge in [0.05, 0.1) is 12.2 Å². The van der Waals surface area contributed by atoms with E-state index in [0.29, 0.717) is 30.0 Å². The van der Waals surface area contributed by atoms with Crippen molar-refractivity contribution in [1.82, 2.24) is 40.6 Å². The molecule has 0 bridgehead atoms. The summed E-state index contributed by atoms with van der Waals surface area (Å²) in [5, 5.41) is 31.3. The predicted octanol–water partition coefficient (Wildman–Crippen LogP) is 0.156. The molecule has 3 aromatic rings. The van der Waals surface area contributed by atoms with Crippen LogP contribution >= 0.6 is 0 Å². The molecule has 0 saturated carbocycles. The van der Waals surface area contributed by atoms with Crippen LogP contribution in [0.1, 0.15) is 16.1 Å². The molecule has 150 valence electrons. The Kier molecular flexibility index (Phi) is 4.36. The van der Waals surface area contributed by atoms with Gasteiger partial charge >= 0.3 is 0 Å². The number of likely N-dealkylation sites (tertiary alicyclic amines) is 2. The Balaban J connectivity index is 1.34. The number of rotatable bonds is 5. The summed E-state index contributed by atoms with van der Waals surface area (Å²) < 4.78 is 0. The number of hydrogen-bond acceptors (Lipinski definition) is 7. The molecular formula is C19H22N8O2. The van der Waals surface area contributed by atoms with Crippen LogP contribution in [0.4, 0.5) is 0 Å². The van der Waals surface area contributed by atoms with Gasteiger partial charge in [0.2, 0.25) is 5.82 Å². The molecule has 2 saturated heterocycles. The molecule has 1 aromatic carbocycles. The van der Waals surface area contributed by atoms with Gasteiger partial charge in [0, 0.05) is 55.6 Å². The Morgan fingerprint density at radius 2 is 2.14 bits per heavy atom. The van der Waals surface area contributed by atoms with E-state index in [9.17, 15) is 9.90 Å². The number of hydrogen-bond donors (Lipinski definition) is 3. The molecule has 0 radical (unpaired) electrons. The summed E-state index contributed by atoms with van der Waals surface area (Å²) in [5.74, 6) is 0.570. The molecule has 1 amide bonds. The van der Waals surface area contributed by atoms with Gasteiger partial charge in [0.1, 0.15) is 0 Å². The average Bonchev–Trinajstić information content (AvgIpc) is 3.52. The third-order valence-corrected chi connectivity index (χ3v) is 6.13. The zero-order valence-corrected chi connectivity index (χ0v) is 15.8. The number of aliphatic hydroxyl groups excluding tert-OH is 1. The van der Waals surface area contributed by atoms with Crippen LogP contribution in [0.5, 0.6) is 0 Å². The van der Waals surface area contributed by atoms with Crippen LogP contribution in [-0.4, -0.2) is 84.4 Å². The Morgan fingerprint density at radius 3 is 2.86 bits per heavy atom. The molecule has 2 aliphatic rings. The highest BCUT2D eigenvalue weighted by atomic mass is 16.3. The monoisotopic (exact) mass is 394 g/mol. The van der Waals surface area contributed by atoms with Crippen molar-refractivity contribution < 1.29 is 9.90 Å². The van der Waals surface area contributed by atoms with Crippen molar-refractivity contribution in [1.29, 1.82) is 0 Å². The Hall–Kier alpha value is -3.11. The number of aliphatic hydroxyl groups is 1. The Labute approximate surface area is 166 Å². The maximum absolute atomic E-state index is 13.3. The second-order valence-electron chi connectivity index (χ2n) is 7.94. The van der Waals surface area contributed by atoms with Crippen LogP contribution in [-0.2, 0) is 6.54 Å². The van der Waals surface area contributed by atoms with E-state index in [0.717, 1.165) is 25.3 Å². The molecule has 2 atom stereocenters. The van der Waals surface area contributed by atoms with Gasteiger partial charge in [-0.25, -0.2) is 0 Å². The number of nitrogens with zero attached hydrogens (tertiary/aromatic N) is 6. The SMILES string of the molecule is O=C(c1ccccc1-c1nn[nH]n1)N1CC2CN(Cc3ccn[nH]3)CC2(CO)C1. The standard InChI is InChI=1S/C19H22N8O2/c28-12-19-10-26(9-14-5-6-20-21-14)7-13(19)8-27(11-19)18(29)16-4-2-1-3-15(16)17-22-24-25-23-17/h1-6,13,28H,7-12H2,(H,20,21)(H,22,23,24,25). The Morgan fingerprint density at radius 1 is 1.24 bits per heavy atom. The normalized spacial score (nSPS) is 24.2. The first kappa shape index (κ1) is 18.0. The summed E-state index contributed by atoms with van der Waals surface area (Å²) in [4.78, 5) is 17.5. The second kappa shape index (κ2) is 7.05. The lowest BCUT2D eigenvalue weighted by Gasteiger charge is -2.27. The van der Waals surface area contributed by atoms with E-state index in [1.807, 2.05) is 29.2 Å². The van der Waals surface area contributed by atoms with Crippen LogP contribution in [0.2, 0.25) is 0 Å². The lowest BCUT2D eigenvalue weighted by molar-refractivity contribution is 0.0719. The fraction of sp³-hybridized carbons (Fsp3) is 0.421. The number of tetrazole rings is 1. The predicted molar refractivity (Wildman–Crippen MR) is 102 cm³/mol. The minimum Gasteiger partial charge on any atom is -0.396 e. The minimum absolute atomic E-state index is 0.0623. The zero-order valence-electron chi connectivity index (χ0n) is 15.8. The van der Waals surface area contributed by atoms with Gasteiger partial charge < -0.3 is 10.0 Å². The summed E-state index contributed by atoms with van der Waals surface area (Å²) in [7, 11) is 0. The quantitative estimate of drug-likeness (QED) is 0.562. The van der Waals surface area contributed by atoms with Crippen LogP contribution in [0, 0.1) is 11.3 Å². The van der Waals surface area contributed by atoms with Crippen LogP contribution in [0.15, 0.2) is 36.5 Å². The molecule has 2 fully saturated rings. The molecule has 3 N–H and O–H groups in total. The summed E-state index contributed by atoms with van der Waals surface area (Å²) in [6, 6.07) is 9.26. The van der Waals surface area contributed by atoms with Gasteiger partial charge in [-0.2, -0.15) is 10.3 Å². The first-order chi connectivity index (χ1) is 14.2. The van der Waals surface area contributed by atoms with Crippen molar-refractivity contribution in [3.05, 3.63) is 47.8 Å². The van der Waals surface area contributed by atoms with Gasteiger partial charge in [-0.1, -0.05) is 18.2 Å². The summed E-state index contributed by atoms with van der Waals surface area (Å²) >= 11 is 0. The van der Waals surface area contributed by atoms with Crippen molar-refractivity contribution in [2.75, 3.05) is 32.8 Å². The number of aromatic nitrogens is 6.